The Morgan fingerprint density at radius 2 is 1.84 bits per heavy atom. The van der Waals surface area contributed by atoms with Crippen LogP contribution in [0.4, 0.5) is 10.6 Å². The molecule has 1 amide bonds. The molecule has 0 unspecified atom stereocenters. The first kappa shape index (κ1) is 24.9. The number of hydrogen-bond donors (Lipinski definition) is 1. The number of anilines is 1. The fourth-order valence-electron chi connectivity index (χ4n) is 4.68. The highest BCUT2D eigenvalue weighted by molar-refractivity contribution is 7.89. The molecule has 1 N–H and O–H groups in total. The number of amides is 1. The molecule has 0 radical (unpaired) electrons. The third-order valence-electron chi connectivity index (χ3n) is 6.61. The molecule has 37 heavy (non-hydrogen) atoms. The lowest BCUT2D eigenvalue weighted by Gasteiger charge is -2.34. The summed E-state index contributed by atoms with van der Waals surface area (Å²) in [7, 11) is -3.89. The van der Waals surface area contributed by atoms with Gasteiger partial charge in [-0.3, -0.25) is 4.79 Å². The van der Waals surface area contributed by atoms with Crippen molar-refractivity contribution < 1.29 is 22.7 Å². The number of sulfonamides is 1. The van der Waals surface area contributed by atoms with Crippen LogP contribution in [0.5, 0.6) is 5.75 Å². The lowest BCUT2D eigenvalue weighted by atomic mass is 10.0. The average molecular weight is 525 g/mol. The SMILES string of the molecule is Cc1ncc(S(=O)(=O)N2CCC[C@H]2C(=O)c2cccc(OC(=O)N3CCN(c4ccccn4)CC3)c2)[nH]1. The number of aryl methyl sites for hydroxylation is 1. The number of nitrogens with zero attached hydrogens (tertiary/aromatic N) is 5. The maximum absolute atomic E-state index is 13.4. The van der Waals surface area contributed by atoms with E-state index in [9.17, 15) is 18.0 Å². The summed E-state index contributed by atoms with van der Waals surface area (Å²) in [5.41, 5.74) is 0.290. The van der Waals surface area contributed by atoms with Crippen LogP contribution in [0.25, 0.3) is 0 Å². The molecule has 5 rings (SSSR count). The molecular weight excluding hydrogens is 496 g/mol. The van der Waals surface area contributed by atoms with E-state index < -0.39 is 22.2 Å². The molecule has 2 aromatic heterocycles. The molecule has 0 aliphatic carbocycles. The number of carbonyl (C=O) groups excluding carboxylic acids is 2. The van der Waals surface area contributed by atoms with Crippen molar-refractivity contribution in [3.05, 3.63) is 66.2 Å². The number of aromatic nitrogens is 3. The molecule has 11 nitrogen and oxygen atoms in total. The second kappa shape index (κ2) is 10.3. The Balaban J connectivity index is 1.24. The van der Waals surface area contributed by atoms with Gasteiger partial charge in [-0.15, -0.1) is 0 Å². The highest BCUT2D eigenvalue weighted by atomic mass is 32.2. The number of piperazine rings is 1. The molecule has 4 heterocycles. The van der Waals surface area contributed by atoms with Gasteiger partial charge in [-0.05, 0) is 44.0 Å². The molecule has 194 valence electrons. The van der Waals surface area contributed by atoms with E-state index in [2.05, 4.69) is 19.9 Å². The highest BCUT2D eigenvalue weighted by Gasteiger charge is 2.40. The van der Waals surface area contributed by atoms with Crippen LogP contribution in [0.1, 0.15) is 29.0 Å². The van der Waals surface area contributed by atoms with E-state index in [0.717, 1.165) is 5.82 Å². The zero-order valence-corrected chi connectivity index (χ0v) is 21.2. The number of Topliss-reactive ketones (excluding diaryl/α,β-unsaturated/α-hetero) is 1. The number of aromatic amines is 1. The van der Waals surface area contributed by atoms with E-state index >= 15 is 0 Å². The van der Waals surface area contributed by atoms with Gasteiger partial charge in [0, 0.05) is 44.5 Å². The predicted octanol–water partition coefficient (Wildman–Crippen LogP) is 2.47. The molecule has 12 heteroatoms. The predicted molar refractivity (Wildman–Crippen MR) is 135 cm³/mol. The Labute approximate surface area is 215 Å². The molecule has 2 aliphatic heterocycles. The zero-order chi connectivity index (χ0) is 26.0. The van der Waals surface area contributed by atoms with Gasteiger partial charge in [0.05, 0.1) is 12.2 Å². The summed E-state index contributed by atoms with van der Waals surface area (Å²) in [5, 5.41) is -0.0319. The number of pyridine rings is 1. The standard InChI is InChI=1S/C25H28N6O5S/c1-18-27-17-23(28-18)37(34,35)31-11-5-8-21(31)24(32)19-6-4-7-20(16-19)36-25(33)30-14-12-29(13-15-30)22-9-2-3-10-26-22/h2-4,6-7,9-10,16-17,21H,5,8,11-15H2,1H3,(H,27,28)/t21-/m0/s1. The molecule has 2 aliphatic rings. The first-order chi connectivity index (χ1) is 17.8. The summed E-state index contributed by atoms with van der Waals surface area (Å²) >= 11 is 0. The van der Waals surface area contributed by atoms with E-state index in [1.54, 1.807) is 36.2 Å². The van der Waals surface area contributed by atoms with Crippen LogP contribution in [0, 0.1) is 6.92 Å². The lowest BCUT2D eigenvalue weighted by molar-refractivity contribution is 0.0917. The molecule has 0 bridgehead atoms. The molecule has 1 atom stereocenters. The maximum atomic E-state index is 13.4. The smallest absolute Gasteiger partial charge is 0.410 e. The normalized spacial score (nSPS) is 18.7. The summed E-state index contributed by atoms with van der Waals surface area (Å²) in [4.78, 5) is 40.9. The van der Waals surface area contributed by atoms with Gasteiger partial charge in [0.1, 0.15) is 17.4 Å². The summed E-state index contributed by atoms with van der Waals surface area (Å²) in [6.07, 6.45) is 3.49. The molecule has 1 aromatic carbocycles. The molecular formula is C25H28N6O5S. The van der Waals surface area contributed by atoms with Gasteiger partial charge in [0.2, 0.25) is 0 Å². The van der Waals surface area contributed by atoms with Gasteiger partial charge in [-0.25, -0.2) is 23.2 Å². The van der Waals surface area contributed by atoms with Crippen molar-refractivity contribution in [1.82, 2.24) is 24.2 Å². The molecule has 0 spiro atoms. The van der Waals surface area contributed by atoms with Crippen LogP contribution in [0.15, 0.2) is 59.9 Å². The molecule has 3 aromatic rings. The van der Waals surface area contributed by atoms with Crippen LogP contribution < -0.4 is 9.64 Å². The van der Waals surface area contributed by atoms with Crippen molar-refractivity contribution in [2.45, 2.75) is 30.8 Å². The van der Waals surface area contributed by atoms with Gasteiger partial charge >= 0.3 is 6.09 Å². The van der Waals surface area contributed by atoms with E-state index in [0.29, 0.717) is 44.8 Å². The Morgan fingerprint density at radius 1 is 1.03 bits per heavy atom. The number of rotatable bonds is 6. The number of ketones is 1. The molecule has 2 saturated heterocycles. The fraction of sp³-hybridized carbons (Fsp3) is 0.360. The van der Waals surface area contributed by atoms with Crippen molar-refractivity contribution in [3.63, 3.8) is 0 Å². The Bertz CT molecular complexity index is 1390. The quantitative estimate of drug-likeness (QED) is 0.487. The van der Waals surface area contributed by atoms with Gasteiger partial charge < -0.3 is 19.5 Å². The minimum Gasteiger partial charge on any atom is -0.410 e. The molecule has 0 saturated carbocycles. The molecule has 2 fully saturated rings. The summed E-state index contributed by atoms with van der Waals surface area (Å²) in [6.45, 7) is 4.14. The minimum absolute atomic E-state index is 0.0319. The number of carbonyl (C=O) groups is 2. The average Bonchev–Trinajstić information content (AvgIpc) is 3.59. The van der Waals surface area contributed by atoms with E-state index in [1.807, 2.05) is 18.2 Å². The number of benzene rings is 1. The number of hydrogen-bond acceptors (Lipinski definition) is 8. The fourth-order valence-corrected chi connectivity index (χ4v) is 6.30. The Morgan fingerprint density at radius 3 is 2.54 bits per heavy atom. The number of imidazole rings is 1. The maximum Gasteiger partial charge on any atom is 0.415 e. The first-order valence-electron chi connectivity index (χ1n) is 12.1. The number of ether oxygens (including phenoxy) is 1. The van der Waals surface area contributed by atoms with Crippen molar-refractivity contribution >= 4 is 27.7 Å². The topological polar surface area (TPSA) is 129 Å². The number of H-pyrrole nitrogens is 1. The monoisotopic (exact) mass is 524 g/mol. The van der Waals surface area contributed by atoms with Gasteiger partial charge in [-0.1, -0.05) is 18.2 Å². The van der Waals surface area contributed by atoms with Gasteiger partial charge in [-0.2, -0.15) is 4.31 Å². The van der Waals surface area contributed by atoms with Gasteiger partial charge in [0.15, 0.2) is 10.8 Å². The van der Waals surface area contributed by atoms with Crippen LogP contribution in [0.3, 0.4) is 0 Å². The van der Waals surface area contributed by atoms with Crippen LogP contribution in [-0.4, -0.2) is 83.2 Å². The third-order valence-corrected chi connectivity index (χ3v) is 8.43. The number of nitrogens with one attached hydrogen (secondary N) is 1. The Kier molecular flexibility index (Phi) is 6.94. The van der Waals surface area contributed by atoms with Crippen molar-refractivity contribution in [2.24, 2.45) is 0 Å². The minimum atomic E-state index is -3.89. The van der Waals surface area contributed by atoms with Gasteiger partial charge in [0.25, 0.3) is 10.0 Å². The first-order valence-corrected chi connectivity index (χ1v) is 13.6. The van der Waals surface area contributed by atoms with Crippen molar-refractivity contribution in [1.29, 1.82) is 0 Å². The van der Waals surface area contributed by atoms with Crippen LogP contribution in [0.2, 0.25) is 0 Å². The van der Waals surface area contributed by atoms with E-state index in [4.69, 9.17) is 4.74 Å². The second-order valence-corrected chi connectivity index (χ2v) is 10.9. The van der Waals surface area contributed by atoms with Crippen molar-refractivity contribution in [2.75, 3.05) is 37.6 Å². The summed E-state index contributed by atoms with van der Waals surface area (Å²) in [5.74, 6) is 1.25. The lowest BCUT2D eigenvalue weighted by Crippen LogP contribution is -2.49. The second-order valence-electron chi connectivity index (χ2n) is 9.03. The largest absolute Gasteiger partial charge is 0.415 e. The van der Waals surface area contributed by atoms with E-state index in [-0.39, 0.29) is 28.7 Å². The van der Waals surface area contributed by atoms with E-state index in [1.165, 1.54) is 16.6 Å². The zero-order valence-electron chi connectivity index (χ0n) is 20.4. The van der Waals surface area contributed by atoms with Crippen LogP contribution >= 0.6 is 0 Å². The summed E-state index contributed by atoms with van der Waals surface area (Å²) < 4.78 is 33.0. The Hall–Kier alpha value is -3.77. The summed E-state index contributed by atoms with van der Waals surface area (Å²) in [6, 6.07) is 11.2. The van der Waals surface area contributed by atoms with Crippen molar-refractivity contribution in [3.8, 4) is 5.75 Å². The highest BCUT2D eigenvalue weighted by Crippen LogP contribution is 2.28. The third kappa shape index (κ3) is 5.20. The van der Waals surface area contributed by atoms with Crippen LogP contribution in [-0.2, 0) is 10.0 Å².